The molecular weight excluding hydrogens is 316 g/mol. The fourth-order valence-corrected chi connectivity index (χ4v) is 2.85. The maximum absolute atomic E-state index is 12.4. The van der Waals surface area contributed by atoms with E-state index in [1.807, 2.05) is 24.3 Å². The number of carbonyl (C=O) groups is 2. The van der Waals surface area contributed by atoms with Crippen LogP contribution in [0.3, 0.4) is 0 Å². The first kappa shape index (κ1) is 15.4. The van der Waals surface area contributed by atoms with E-state index >= 15 is 0 Å². The van der Waals surface area contributed by atoms with E-state index in [-0.39, 0.29) is 17.7 Å². The second-order valence-electron chi connectivity index (χ2n) is 6.45. The molecule has 0 aliphatic heterocycles. The normalized spacial score (nSPS) is 18.8. The maximum atomic E-state index is 12.4. The van der Waals surface area contributed by atoms with Crippen molar-refractivity contribution in [2.45, 2.75) is 13.3 Å². The Balaban J connectivity index is 1.48. The van der Waals surface area contributed by atoms with E-state index in [4.69, 9.17) is 0 Å². The molecule has 6 heteroatoms. The molecule has 4 rings (SSSR count). The molecule has 3 aromatic rings. The number of benzene rings is 2. The number of para-hydroxylation sites is 2. The third kappa shape index (κ3) is 3.24. The zero-order valence-corrected chi connectivity index (χ0v) is 13.7. The highest BCUT2D eigenvalue weighted by atomic mass is 16.2. The lowest BCUT2D eigenvalue weighted by Gasteiger charge is -2.07. The summed E-state index contributed by atoms with van der Waals surface area (Å²) in [6.07, 6.45) is 0.929. The van der Waals surface area contributed by atoms with Gasteiger partial charge in [0.2, 0.25) is 11.9 Å². The number of rotatable bonds is 4. The third-order valence-corrected chi connectivity index (χ3v) is 4.46. The van der Waals surface area contributed by atoms with Crippen LogP contribution >= 0.6 is 0 Å². The van der Waals surface area contributed by atoms with Crippen molar-refractivity contribution in [1.82, 2.24) is 9.97 Å². The third-order valence-electron chi connectivity index (χ3n) is 4.46. The summed E-state index contributed by atoms with van der Waals surface area (Å²) in [7, 11) is 0. The molecule has 0 radical (unpaired) electrons. The van der Waals surface area contributed by atoms with Gasteiger partial charge in [0.15, 0.2) is 0 Å². The molecule has 0 spiro atoms. The van der Waals surface area contributed by atoms with Crippen LogP contribution < -0.4 is 10.6 Å². The van der Waals surface area contributed by atoms with Gasteiger partial charge in [0, 0.05) is 17.2 Å². The van der Waals surface area contributed by atoms with Crippen molar-refractivity contribution in [2.75, 3.05) is 10.6 Å². The number of fused-ring (bicyclic) bond motifs is 1. The molecule has 2 aromatic carbocycles. The maximum Gasteiger partial charge on any atom is 0.258 e. The molecule has 3 N–H and O–H groups in total. The van der Waals surface area contributed by atoms with Gasteiger partial charge in [-0.1, -0.05) is 25.1 Å². The van der Waals surface area contributed by atoms with Gasteiger partial charge in [0.1, 0.15) is 0 Å². The summed E-state index contributed by atoms with van der Waals surface area (Å²) in [6.45, 7) is 2.06. The highest BCUT2D eigenvalue weighted by molar-refractivity contribution is 6.05. The fourth-order valence-electron chi connectivity index (χ4n) is 2.85. The van der Waals surface area contributed by atoms with Gasteiger partial charge in [-0.25, -0.2) is 4.98 Å². The van der Waals surface area contributed by atoms with E-state index in [1.54, 1.807) is 24.3 Å². The molecule has 2 atom stereocenters. The Labute approximate surface area is 144 Å². The van der Waals surface area contributed by atoms with Crippen molar-refractivity contribution in [2.24, 2.45) is 11.8 Å². The Morgan fingerprint density at radius 2 is 1.92 bits per heavy atom. The van der Waals surface area contributed by atoms with Crippen LogP contribution in [-0.2, 0) is 4.79 Å². The summed E-state index contributed by atoms with van der Waals surface area (Å²) in [5.41, 5.74) is 2.73. The number of aromatic nitrogens is 2. The lowest BCUT2D eigenvalue weighted by Crippen LogP contribution is -2.16. The van der Waals surface area contributed by atoms with E-state index < -0.39 is 0 Å². The van der Waals surface area contributed by atoms with Gasteiger partial charge in [-0.15, -0.1) is 0 Å². The van der Waals surface area contributed by atoms with Gasteiger partial charge >= 0.3 is 0 Å². The number of carbonyl (C=O) groups excluding carboxylic acids is 2. The zero-order chi connectivity index (χ0) is 17.4. The highest BCUT2D eigenvalue weighted by Gasteiger charge is 2.39. The first-order valence-electron chi connectivity index (χ1n) is 8.27. The fraction of sp³-hybridized carbons (Fsp3) is 0.211. The van der Waals surface area contributed by atoms with Crippen LogP contribution in [0.4, 0.5) is 11.6 Å². The number of anilines is 2. The van der Waals surface area contributed by atoms with Crippen molar-refractivity contribution < 1.29 is 9.59 Å². The minimum Gasteiger partial charge on any atom is -0.326 e. The predicted octanol–water partition coefficient (Wildman–Crippen LogP) is 3.41. The van der Waals surface area contributed by atoms with E-state index in [9.17, 15) is 9.59 Å². The predicted molar refractivity (Wildman–Crippen MR) is 96.4 cm³/mol. The Hall–Kier alpha value is -3.15. The van der Waals surface area contributed by atoms with Crippen molar-refractivity contribution in [3.05, 3.63) is 54.1 Å². The molecular formula is C19H18N4O2. The van der Waals surface area contributed by atoms with Gasteiger partial charge in [0.25, 0.3) is 5.91 Å². The monoisotopic (exact) mass is 334 g/mol. The quantitative estimate of drug-likeness (QED) is 0.683. The summed E-state index contributed by atoms with van der Waals surface area (Å²) in [5, 5.41) is 5.62. The molecule has 1 aliphatic carbocycles. The smallest absolute Gasteiger partial charge is 0.258 e. The van der Waals surface area contributed by atoms with E-state index in [2.05, 4.69) is 27.5 Å². The average molecular weight is 334 g/mol. The standard InChI is InChI=1S/C19H18N4O2/c1-11-9-14(11)18(25)20-13-6-4-5-12(10-13)17(24)23-19-21-15-7-2-3-8-16(15)22-19/h2-8,10-11,14H,9H2,1H3,(H,20,25)(H2,21,22,23,24)/t11-,14-/m1/s1. The molecule has 1 saturated carbocycles. The Kier molecular flexibility index (Phi) is 3.72. The number of aromatic amines is 1. The molecule has 126 valence electrons. The van der Waals surface area contributed by atoms with Crippen LogP contribution in [0.5, 0.6) is 0 Å². The van der Waals surface area contributed by atoms with Crippen LogP contribution in [0.1, 0.15) is 23.7 Å². The molecule has 0 bridgehead atoms. The highest BCUT2D eigenvalue weighted by Crippen LogP contribution is 2.38. The Morgan fingerprint density at radius 3 is 2.68 bits per heavy atom. The van der Waals surface area contributed by atoms with Gasteiger partial charge in [0.05, 0.1) is 11.0 Å². The Morgan fingerprint density at radius 1 is 1.12 bits per heavy atom. The first-order chi connectivity index (χ1) is 12.1. The topological polar surface area (TPSA) is 86.9 Å². The van der Waals surface area contributed by atoms with E-state index in [1.165, 1.54) is 0 Å². The summed E-state index contributed by atoms with van der Waals surface area (Å²) in [6, 6.07) is 14.5. The largest absolute Gasteiger partial charge is 0.326 e. The number of nitrogens with one attached hydrogen (secondary N) is 3. The minimum atomic E-state index is -0.282. The van der Waals surface area contributed by atoms with Crippen LogP contribution in [0.2, 0.25) is 0 Å². The van der Waals surface area contributed by atoms with Crippen molar-refractivity contribution in [3.8, 4) is 0 Å². The summed E-state index contributed by atoms with van der Waals surface area (Å²) < 4.78 is 0. The van der Waals surface area contributed by atoms with Crippen molar-refractivity contribution in [1.29, 1.82) is 0 Å². The number of H-pyrrole nitrogens is 1. The summed E-state index contributed by atoms with van der Waals surface area (Å²) in [4.78, 5) is 31.9. The van der Waals surface area contributed by atoms with Crippen LogP contribution in [0, 0.1) is 11.8 Å². The SMILES string of the molecule is C[C@@H]1C[C@H]1C(=O)Nc1cccc(C(=O)Nc2nc3ccccc3[nH]2)c1. The molecule has 0 saturated heterocycles. The molecule has 25 heavy (non-hydrogen) atoms. The molecule has 1 heterocycles. The van der Waals surface area contributed by atoms with Crippen LogP contribution in [-0.4, -0.2) is 21.8 Å². The number of imidazole rings is 1. The molecule has 1 aliphatic rings. The minimum absolute atomic E-state index is 0.0161. The van der Waals surface area contributed by atoms with Crippen LogP contribution in [0.25, 0.3) is 11.0 Å². The second-order valence-corrected chi connectivity index (χ2v) is 6.45. The Bertz CT molecular complexity index is 930. The zero-order valence-electron chi connectivity index (χ0n) is 13.7. The lowest BCUT2D eigenvalue weighted by molar-refractivity contribution is -0.117. The lowest BCUT2D eigenvalue weighted by atomic mass is 10.2. The van der Waals surface area contributed by atoms with Gasteiger partial charge < -0.3 is 10.3 Å². The van der Waals surface area contributed by atoms with Gasteiger partial charge in [-0.05, 0) is 42.7 Å². The first-order valence-corrected chi connectivity index (χ1v) is 8.27. The molecule has 1 aromatic heterocycles. The second kappa shape index (κ2) is 6.05. The van der Waals surface area contributed by atoms with E-state index in [0.717, 1.165) is 17.5 Å². The van der Waals surface area contributed by atoms with Crippen molar-refractivity contribution >= 4 is 34.5 Å². The number of amides is 2. The number of hydrogen-bond donors (Lipinski definition) is 3. The van der Waals surface area contributed by atoms with Crippen LogP contribution in [0.15, 0.2) is 48.5 Å². The molecule has 2 amide bonds. The van der Waals surface area contributed by atoms with Gasteiger partial charge in [-0.2, -0.15) is 0 Å². The van der Waals surface area contributed by atoms with Crippen molar-refractivity contribution in [3.63, 3.8) is 0 Å². The molecule has 0 unspecified atom stereocenters. The summed E-state index contributed by atoms with van der Waals surface area (Å²) >= 11 is 0. The number of hydrogen-bond acceptors (Lipinski definition) is 3. The van der Waals surface area contributed by atoms with Gasteiger partial charge in [-0.3, -0.25) is 14.9 Å². The molecule has 6 nitrogen and oxygen atoms in total. The number of nitrogens with zero attached hydrogens (tertiary/aromatic N) is 1. The summed E-state index contributed by atoms with van der Waals surface area (Å²) in [5.74, 6) is 0.664. The van der Waals surface area contributed by atoms with E-state index in [0.29, 0.717) is 23.1 Å². The molecule has 1 fully saturated rings. The average Bonchev–Trinajstić information content (AvgIpc) is 3.20.